The second-order valence-corrected chi connectivity index (χ2v) is 5.25. The molecule has 104 valence electrons. The first-order chi connectivity index (χ1) is 8.99. The Morgan fingerprint density at radius 2 is 1.84 bits per heavy atom. The smallest absolute Gasteiger partial charge is 0.313 e. The third-order valence-electron chi connectivity index (χ3n) is 4.19. The molecule has 0 heterocycles. The van der Waals surface area contributed by atoms with Crippen molar-refractivity contribution >= 4 is 17.7 Å². The van der Waals surface area contributed by atoms with Crippen LogP contribution in [-0.4, -0.2) is 31.9 Å². The lowest BCUT2D eigenvalue weighted by Crippen LogP contribution is -2.36. The van der Waals surface area contributed by atoms with Gasteiger partial charge in [0.15, 0.2) is 5.78 Å². The number of Topliss-reactive ketones (excluding diaryl/α,β-unsaturated/α-hetero) is 1. The molecule has 0 unspecified atom stereocenters. The molecular formula is C14H18O5. The monoisotopic (exact) mass is 266 g/mol. The average molecular weight is 266 g/mol. The van der Waals surface area contributed by atoms with Crippen LogP contribution in [0.4, 0.5) is 0 Å². The van der Waals surface area contributed by atoms with E-state index < -0.39 is 23.8 Å². The van der Waals surface area contributed by atoms with E-state index in [-0.39, 0.29) is 17.6 Å². The van der Waals surface area contributed by atoms with E-state index in [0.717, 1.165) is 0 Å². The zero-order chi connectivity index (χ0) is 14.2. The second-order valence-electron chi connectivity index (χ2n) is 5.25. The molecular weight excluding hydrogens is 248 g/mol. The SMILES string of the molecule is COC(=O)[C@H]1C=C2C(=O)C[C@H](C)[C@H]2C[C@H]1C(=O)OC. The van der Waals surface area contributed by atoms with Gasteiger partial charge in [-0.1, -0.05) is 13.0 Å². The fourth-order valence-corrected chi connectivity index (χ4v) is 3.13. The molecule has 0 radical (unpaired) electrons. The average Bonchev–Trinajstić information content (AvgIpc) is 2.70. The molecule has 0 N–H and O–H groups in total. The van der Waals surface area contributed by atoms with E-state index in [0.29, 0.717) is 18.4 Å². The van der Waals surface area contributed by atoms with Crippen LogP contribution >= 0.6 is 0 Å². The van der Waals surface area contributed by atoms with Crippen molar-refractivity contribution in [1.82, 2.24) is 0 Å². The summed E-state index contributed by atoms with van der Waals surface area (Å²) in [5.74, 6) is -1.83. The highest BCUT2D eigenvalue weighted by molar-refractivity contribution is 6.00. The van der Waals surface area contributed by atoms with Gasteiger partial charge < -0.3 is 9.47 Å². The van der Waals surface area contributed by atoms with Gasteiger partial charge in [0.1, 0.15) is 0 Å². The summed E-state index contributed by atoms with van der Waals surface area (Å²) in [5, 5.41) is 0. The fraction of sp³-hybridized carbons (Fsp3) is 0.643. The third kappa shape index (κ3) is 2.29. The lowest BCUT2D eigenvalue weighted by Gasteiger charge is -2.30. The third-order valence-corrected chi connectivity index (χ3v) is 4.19. The minimum atomic E-state index is -0.710. The maximum atomic E-state index is 11.9. The molecule has 0 amide bonds. The van der Waals surface area contributed by atoms with Gasteiger partial charge in [0.25, 0.3) is 0 Å². The van der Waals surface area contributed by atoms with Gasteiger partial charge >= 0.3 is 11.9 Å². The number of esters is 2. The molecule has 19 heavy (non-hydrogen) atoms. The van der Waals surface area contributed by atoms with E-state index >= 15 is 0 Å². The van der Waals surface area contributed by atoms with Crippen molar-refractivity contribution in [3.05, 3.63) is 11.6 Å². The van der Waals surface area contributed by atoms with E-state index in [9.17, 15) is 14.4 Å². The maximum Gasteiger partial charge on any atom is 0.313 e. The molecule has 5 nitrogen and oxygen atoms in total. The topological polar surface area (TPSA) is 69.7 Å². The quantitative estimate of drug-likeness (QED) is 0.700. The van der Waals surface area contributed by atoms with Crippen molar-refractivity contribution in [2.45, 2.75) is 19.8 Å². The maximum absolute atomic E-state index is 11.9. The first kappa shape index (κ1) is 13.8. The highest BCUT2D eigenvalue weighted by Crippen LogP contribution is 2.44. The fourth-order valence-electron chi connectivity index (χ4n) is 3.13. The first-order valence-corrected chi connectivity index (χ1v) is 6.40. The van der Waals surface area contributed by atoms with Crippen molar-refractivity contribution in [2.24, 2.45) is 23.7 Å². The van der Waals surface area contributed by atoms with Crippen LogP contribution in [0.5, 0.6) is 0 Å². The highest BCUT2D eigenvalue weighted by atomic mass is 16.5. The molecule has 0 spiro atoms. The largest absolute Gasteiger partial charge is 0.469 e. The highest BCUT2D eigenvalue weighted by Gasteiger charge is 2.46. The Kier molecular flexibility index (Phi) is 3.73. The van der Waals surface area contributed by atoms with Crippen LogP contribution in [0.3, 0.4) is 0 Å². The molecule has 1 saturated carbocycles. The molecule has 2 aliphatic carbocycles. The van der Waals surface area contributed by atoms with Gasteiger partial charge in [0, 0.05) is 6.42 Å². The summed E-state index contributed by atoms with van der Waals surface area (Å²) >= 11 is 0. The number of rotatable bonds is 2. The zero-order valence-corrected chi connectivity index (χ0v) is 11.3. The van der Waals surface area contributed by atoms with E-state index in [1.807, 2.05) is 6.92 Å². The minimum absolute atomic E-state index is 0.0532. The number of hydrogen-bond acceptors (Lipinski definition) is 5. The van der Waals surface area contributed by atoms with Gasteiger partial charge in [-0.25, -0.2) is 0 Å². The van der Waals surface area contributed by atoms with E-state index in [2.05, 4.69) is 0 Å². The Balaban J connectivity index is 2.37. The number of ether oxygens (including phenoxy) is 2. The Morgan fingerprint density at radius 3 is 2.42 bits per heavy atom. The number of ketones is 1. The summed E-state index contributed by atoms with van der Waals surface area (Å²) in [6.07, 6.45) is 2.58. The minimum Gasteiger partial charge on any atom is -0.469 e. The van der Waals surface area contributed by atoms with Crippen molar-refractivity contribution in [3.63, 3.8) is 0 Å². The Morgan fingerprint density at radius 1 is 1.21 bits per heavy atom. The van der Waals surface area contributed by atoms with Crippen LogP contribution in [0.1, 0.15) is 19.8 Å². The normalized spacial score (nSPS) is 33.4. The number of allylic oxidation sites excluding steroid dienone is 1. The second kappa shape index (κ2) is 5.15. The van der Waals surface area contributed by atoms with Crippen molar-refractivity contribution in [2.75, 3.05) is 14.2 Å². The van der Waals surface area contributed by atoms with Gasteiger partial charge in [-0.2, -0.15) is 0 Å². The van der Waals surface area contributed by atoms with Gasteiger partial charge in [0.2, 0.25) is 0 Å². The summed E-state index contributed by atoms with van der Waals surface area (Å²) in [6.45, 7) is 2.00. The Labute approximate surface area is 111 Å². The van der Waals surface area contributed by atoms with Gasteiger partial charge in [-0.05, 0) is 23.8 Å². The number of hydrogen-bond donors (Lipinski definition) is 0. The molecule has 2 aliphatic rings. The predicted octanol–water partition coefficient (Wildman–Crippen LogP) is 1.12. The number of carbonyl (C=O) groups is 3. The summed E-state index contributed by atoms with van der Waals surface area (Å²) in [7, 11) is 2.58. The van der Waals surface area contributed by atoms with Crippen LogP contribution < -0.4 is 0 Å². The van der Waals surface area contributed by atoms with E-state index in [1.54, 1.807) is 6.08 Å². The lowest BCUT2D eigenvalue weighted by atomic mass is 9.73. The van der Waals surface area contributed by atoms with Gasteiger partial charge in [0.05, 0.1) is 26.1 Å². The van der Waals surface area contributed by atoms with E-state index in [4.69, 9.17) is 9.47 Å². The Hall–Kier alpha value is -1.65. The molecule has 4 atom stereocenters. The summed E-state index contributed by atoms with van der Waals surface area (Å²) in [4.78, 5) is 35.5. The molecule has 1 fully saturated rings. The molecule has 0 bridgehead atoms. The molecule has 0 saturated heterocycles. The molecule has 2 rings (SSSR count). The van der Waals surface area contributed by atoms with Crippen LogP contribution in [0.2, 0.25) is 0 Å². The van der Waals surface area contributed by atoms with Gasteiger partial charge in [-0.15, -0.1) is 0 Å². The van der Waals surface area contributed by atoms with Crippen molar-refractivity contribution < 1.29 is 23.9 Å². The van der Waals surface area contributed by atoms with E-state index in [1.165, 1.54) is 14.2 Å². The molecule has 0 aromatic carbocycles. The van der Waals surface area contributed by atoms with Crippen LogP contribution in [0.15, 0.2) is 11.6 Å². The predicted molar refractivity (Wildman–Crippen MR) is 66.0 cm³/mol. The number of methoxy groups -OCH3 is 2. The van der Waals surface area contributed by atoms with Crippen LogP contribution in [0, 0.1) is 23.7 Å². The number of fused-ring (bicyclic) bond motifs is 1. The first-order valence-electron chi connectivity index (χ1n) is 6.40. The van der Waals surface area contributed by atoms with Crippen molar-refractivity contribution in [1.29, 1.82) is 0 Å². The lowest BCUT2D eigenvalue weighted by molar-refractivity contribution is -0.156. The standard InChI is InChI=1S/C14H18O5/c1-7-4-12(15)9-6-11(14(17)19-3)10(5-8(7)9)13(16)18-2/h6-8,10-11H,4-5H2,1-3H3/t7-,8+,10+,11-/m0/s1. The van der Waals surface area contributed by atoms with Gasteiger partial charge in [-0.3, -0.25) is 14.4 Å². The molecule has 0 aromatic heterocycles. The summed E-state index contributed by atoms with van der Waals surface area (Å²) < 4.78 is 9.49. The number of carbonyl (C=O) groups excluding carboxylic acids is 3. The zero-order valence-electron chi connectivity index (χ0n) is 11.3. The summed E-state index contributed by atoms with van der Waals surface area (Å²) in [6, 6.07) is 0. The molecule has 5 heteroatoms. The molecule has 0 aliphatic heterocycles. The van der Waals surface area contributed by atoms with Crippen LogP contribution in [-0.2, 0) is 23.9 Å². The Bertz CT molecular complexity index is 451. The van der Waals surface area contributed by atoms with Crippen LogP contribution in [0.25, 0.3) is 0 Å². The van der Waals surface area contributed by atoms with Crippen molar-refractivity contribution in [3.8, 4) is 0 Å². The summed E-state index contributed by atoms with van der Waals surface area (Å²) in [5.41, 5.74) is 0.683. The molecule has 0 aromatic rings.